The molecule has 0 saturated carbocycles. The first-order valence-electron chi connectivity index (χ1n) is 5.16. The summed E-state index contributed by atoms with van der Waals surface area (Å²) in [6.45, 7) is 7.39. The second kappa shape index (κ2) is 7.30. The van der Waals surface area contributed by atoms with Gasteiger partial charge in [0, 0.05) is 12.6 Å². The Morgan fingerprint density at radius 3 is 2.31 bits per heavy atom. The van der Waals surface area contributed by atoms with Gasteiger partial charge in [-0.3, -0.25) is 0 Å². The molecule has 0 spiro atoms. The lowest BCUT2D eigenvalue weighted by atomic mass is 10.0. The Bertz CT molecular complexity index is 105. The topological polar surface area (TPSA) is 41.3 Å². The third-order valence-electron chi connectivity index (χ3n) is 2.34. The average Bonchev–Trinajstić information content (AvgIpc) is 2.02. The van der Waals surface area contributed by atoms with E-state index >= 15 is 0 Å². The fraction of sp³-hybridized carbons (Fsp3) is 1.00. The van der Waals surface area contributed by atoms with Crippen LogP contribution >= 0.6 is 0 Å². The molecule has 0 aliphatic heterocycles. The van der Waals surface area contributed by atoms with Crippen LogP contribution in [0, 0.1) is 5.92 Å². The lowest BCUT2D eigenvalue weighted by molar-refractivity contribution is 0.225. The highest BCUT2D eigenvalue weighted by Gasteiger charge is 2.14. The van der Waals surface area contributed by atoms with Crippen molar-refractivity contribution in [2.45, 2.75) is 26.3 Å². The Morgan fingerprint density at radius 2 is 1.92 bits per heavy atom. The highest BCUT2D eigenvalue weighted by atomic mass is 15.1. The van der Waals surface area contributed by atoms with Crippen molar-refractivity contribution in [3.8, 4) is 0 Å². The van der Waals surface area contributed by atoms with Gasteiger partial charge in [-0.05, 0) is 39.5 Å². The number of nitrogens with one attached hydrogen (secondary N) is 1. The zero-order valence-electron chi connectivity index (χ0n) is 9.51. The molecule has 0 aromatic heterocycles. The van der Waals surface area contributed by atoms with E-state index < -0.39 is 0 Å². The molecule has 13 heavy (non-hydrogen) atoms. The van der Waals surface area contributed by atoms with Crippen LogP contribution in [0.5, 0.6) is 0 Å². The minimum Gasteiger partial charge on any atom is -0.330 e. The van der Waals surface area contributed by atoms with Crippen molar-refractivity contribution in [3.63, 3.8) is 0 Å². The molecule has 0 radical (unpaired) electrons. The maximum absolute atomic E-state index is 5.41. The number of nitrogens with zero attached hydrogens (tertiary/aromatic N) is 1. The van der Waals surface area contributed by atoms with Crippen molar-refractivity contribution in [2.75, 3.05) is 33.7 Å². The van der Waals surface area contributed by atoms with Crippen LogP contribution in [0.2, 0.25) is 0 Å². The Labute approximate surface area is 82.7 Å². The molecule has 0 aliphatic carbocycles. The molecule has 3 nitrogen and oxygen atoms in total. The molecular weight excluding hydrogens is 162 g/mol. The molecule has 3 heteroatoms. The molecule has 0 bridgehead atoms. The molecule has 0 saturated heterocycles. The molecule has 3 N–H and O–H groups in total. The van der Waals surface area contributed by atoms with Gasteiger partial charge >= 0.3 is 0 Å². The number of rotatable bonds is 7. The van der Waals surface area contributed by atoms with Gasteiger partial charge in [0.2, 0.25) is 0 Å². The van der Waals surface area contributed by atoms with Crippen molar-refractivity contribution >= 4 is 0 Å². The van der Waals surface area contributed by atoms with Gasteiger partial charge in [0.15, 0.2) is 0 Å². The molecule has 0 amide bonds. The van der Waals surface area contributed by atoms with E-state index in [9.17, 15) is 0 Å². The SMILES string of the molecule is CC(C)C(CNCCCN)N(C)C. The summed E-state index contributed by atoms with van der Waals surface area (Å²) in [7, 11) is 4.27. The summed E-state index contributed by atoms with van der Waals surface area (Å²) in [4.78, 5) is 2.28. The van der Waals surface area contributed by atoms with Crippen LogP contribution < -0.4 is 11.1 Å². The van der Waals surface area contributed by atoms with Crippen LogP contribution in [0.4, 0.5) is 0 Å². The lowest BCUT2D eigenvalue weighted by Gasteiger charge is -2.28. The van der Waals surface area contributed by atoms with Crippen molar-refractivity contribution < 1.29 is 0 Å². The highest BCUT2D eigenvalue weighted by Crippen LogP contribution is 2.05. The zero-order chi connectivity index (χ0) is 10.3. The van der Waals surface area contributed by atoms with Crippen LogP contribution in [-0.2, 0) is 0 Å². The molecule has 1 unspecified atom stereocenters. The van der Waals surface area contributed by atoms with Gasteiger partial charge in [-0.25, -0.2) is 0 Å². The Kier molecular flexibility index (Phi) is 7.23. The van der Waals surface area contributed by atoms with E-state index in [0.29, 0.717) is 12.0 Å². The molecule has 0 rings (SSSR count). The predicted octanol–water partition coefficient (Wildman–Crippen LogP) is 0.511. The molecule has 0 heterocycles. The van der Waals surface area contributed by atoms with Crippen molar-refractivity contribution in [1.82, 2.24) is 10.2 Å². The normalized spacial score (nSPS) is 14.1. The smallest absolute Gasteiger partial charge is 0.0237 e. The lowest BCUT2D eigenvalue weighted by Crippen LogP contribution is -2.41. The summed E-state index contributed by atoms with van der Waals surface area (Å²) >= 11 is 0. The molecule has 0 aromatic carbocycles. The fourth-order valence-corrected chi connectivity index (χ4v) is 1.49. The minimum absolute atomic E-state index is 0.623. The Hall–Kier alpha value is -0.120. The average molecular weight is 187 g/mol. The summed E-state index contributed by atoms with van der Waals surface area (Å²) in [6.07, 6.45) is 1.07. The molecule has 0 aromatic rings. The molecule has 0 aliphatic rings. The van der Waals surface area contributed by atoms with E-state index in [0.717, 1.165) is 26.1 Å². The van der Waals surface area contributed by atoms with Crippen LogP contribution in [0.25, 0.3) is 0 Å². The first-order valence-corrected chi connectivity index (χ1v) is 5.16. The van der Waals surface area contributed by atoms with E-state index in [1.165, 1.54) is 0 Å². The maximum atomic E-state index is 5.41. The van der Waals surface area contributed by atoms with Crippen LogP contribution in [-0.4, -0.2) is 44.7 Å². The maximum Gasteiger partial charge on any atom is 0.0237 e. The van der Waals surface area contributed by atoms with Gasteiger partial charge in [-0.15, -0.1) is 0 Å². The third-order valence-corrected chi connectivity index (χ3v) is 2.34. The summed E-state index contributed by atoms with van der Waals surface area (Å²) in [5, 5.41) is 3.43. The first-order chi connectivity index (χ1) is 6.09. The molecule has 1 atom stereocenters. The van der Waals surface area contributed by atoms with Gasteiger partial charge in [-0.2, -0.15) is 0 Å². The number of hydrogen-bond donors (Lipinski definition) is 2. The van der Waals surface area contributed by atoms with E-state index in [1.54, 1.807) is 0 Å². The standard InChI is InChI=1S/C10H25N3/c1-9(2)10(13(3)4)8-12-7-5-6-11/h9-10,12H,5-8,11H2,1-4H3. The largest absolute Gasteiger partial charge is 0.330 e. The molecular formula is C10H25N3. The second-order valence-electron chi connectivity index (χ2n) is 4.12. The summed E-state index contributed by atoms with van der Waals surface area (Å²) in [5.41, 5.74) is 5.41. The van der Waals surface area contributed by atoms with Gasteiger partial charge < -0.3 is 16.0 Å². The monoisotopic (exact) mass is 187 g/mol. The Balaban J connectivity index is 3.58. The second-order valence-corrected chi connectivity index (χ2v) is 4.12. The van der Waals surface area contributed by atoms with Crippen molar-refractivity contribution in [3.05, 3.63) is 0 Å². The van der Waals surface area contributed by atoms with Gasteiger partial charge in [0.1, 0.15) is 0 Å². The zero-order valence-corrected chi connectivity index (χ0v) is 9.51. The number of hydrogen-bond acceptors (Lipinski definition) is 3. The molecule has 80 valence electrons. The first kappa shape index (κ1) is 12.9. The minimum atomic E-state index is 0.623. The number of likely N-dealkylation sites (N-methyl/N-ethyl adjacent to an activating group) is 1. The summed E-state index contributed by atoms with van der Waals surface area (Å²) in [5.74, 6) is 0.695. The van der Waals surface area contributed by atoms with Crippen LogP contribution in [0.3, 0.4) is 0 Å². The van der Waals surface area contributed by atoms with E-state index in [2.05, 4.69) is 38.2 Å². The van der Waals surface area contributed by atoms with E-state index in [1.807, 2.05) is 0 Å². The fourth-order valence-electron chi connectivity index (χ4n) is 1.49. The van der Waals surface area contributed by atoms with E-state index in [4.69, 9.17) is 5.73 Å². The predicted molar refractivity (Wildman–Crippen MR) is 58.9 cm³/mol. The van der Waals surface area contributed by atoms with Gasteiger partial charge in [0.25, 0.3) is 0 Å². The van der Waals surface area contributed by atoms with Crippen LogP contribution in [0.15, 0.2) is 0 Å². The van der Waals surface area contributed by atoms with Gasteiger partial charge in [0.05, 0.1) is 0 Å². The third kappa shape index (κ3) is 6.02. The Morgan fingerprint density at radius 1 is 1.31 bits per heavy atom. The number of nitrogens with two attached hydrogens (primary N) is 1. The van der Waals surface area contributed by atoms with Crippen LogP contribution in [0.1, 0.15) is 20.3 Å². The summed E-state index contributed by atoms with van der Waals surface area (Å²) in [6, 6.07) is 0.623. The summed E-state index contributed by atoms with van der Waals surface area (Å²) < 4.78 is 0. The molecule has 0 fully saturated rings. The van der Waals surface area contributed by atoms with Crippen molar-refractivity contribution in [1.29, 1.82) is 0 Å². The van der Waals surface area contributed by atoms with E-state index in [-0.39, 0.29) is 0 Å². The van der Waals surface area contributed by atoms with Gasteiger partial charge in [-0.1, -0.05) is 13.8 Å². The quantitative estimate of drug-likeness (QED) is 0.571. The van der Waals surface area contributed by atoms with Crippen molar-refractivity contribution in [2.24, 2.45) is 11.7 Å². The highest BCUT2D eigenvalue weighted by molar-refractivity contribution is 4.72.